The van der Waals surface area contributed by atoms with Gasteiger partial charge in [-0.2, -0.15) is 0 Å². The van der Waals surface area contributed by atoms with Gasteiger partial charge in [0, 0.05) is 0 Å². The topological polar surface area (TPSA) is 36.9 Å². The van der Waals surface area contributed by atoms with E-state index in [-0.39, 0.29) is 18.5 Å². The summed E-state index contributed by atoms with van der Waals surface area (Å²) < 4.78 is 22.1. The summed E-state index contributed by atoms with van der Waals surface area (Å²) in [5.74, 6) is -0.519. The average Bonchev–Trinajstić information content (AvgIpc) is 2.57. The Morgan fingerprint density at radius 2 is 2.29 bits per heavy atom. The largest absolute Gasteiger partial charge is 0.347 e. The third-order valence-electron chi connectivity index (χ3n) is 2.29. The fraction of sp³-hybridized carbons (Fsp3) is 0.800. The normalized spacial score (nSPS) is 39.7. The van der Waals surface area contributed by atoms with Crippen LogP contribution >= 0.6 is 0 Å². The first-order chi connectivity index (χ1) is 6.62. The second-order valence-electron chi connectivity index (χ2n) is 3.96. The fourth-order valence-electron chi connectivity index (χ4n) is 1.81. The predicted octanol–water partition coefficient (Wildman–Crippen LogP) is 1.07. The van der Waals surface area contributed by atoms with Gasteiger partial charge in [0.2, 0.25) is 0 Å². The fourth-order valence-corrected chi connectivity index (χ4v) is 1.81. The summed E-state index contributed by atoms with van der Waals surface area (Å²) in [5, 5.41) is 0. The molecule has 0 radical (unpaired) electrons. The minimum absolute atomic E-state index is 0.000171. The van der Waals surface area contributed by atoms with Crippen LogP contribution in [0.25, 0.3) is 0 Å². The van der Waals surface area contributed by atoms with Gasteiger partial charge in [-0.1, -0.05) is 6.08 Å². The number of fused-ring (bicyclic) bond motifs is 1. The molecular weight excluding hydrogens is 184 g/mol. The van der Waals surface area contributed by atoms with Crippen molar-refractivity contribution < 1.29 is 18.9 Å². The van der Waals surface area contributed by atoms with Crippen molar-refractivity contribution in [3.05, 3.63) is 12.7 Å². The van der Waals surface area contributed by atoms with Crippen LogP contribution in [0.3, 0.4) is 0 Å². The van der Waals surface area contributed by atoms with E-state index in [2.05, 4.69) is 6.58 Å². The molecule has 3 atom stereocenters. The van der Waals surface area contributed by atoms with Gasteiger partial charge >= 0.3 is 0 Å². The lowest BCUT2D eigenvalue weighted by molar-refractivity contribution is -0.216. The molecule has 0 bridgehead atoms. The lowest BCUT2D eigenvalue weighted by Gasteiger charge is -2.21. The maximum Gasteiger partial charge on any atom is 0.186 e. The zero-order valence-corrected chi connectivity index (χ0v) is 8.56. The molecule has 80 valence electrons. The Morgan fingerprint density at radius 1 is 1.50 bits per heavy atom. The Hall–Kier alpha value is -0.420. The molecule has 2 fully saturated rings. The van der Waals surface area contributed by atoms with Crippen LogP contribution in [0.5, 0.6) is 0 Å². The minimum Gasteiger partial charge on any atom is -0.347 e. The van der Waals surface area contributed by atoms with Crippen molar-refractivity contribution >= 4 is 0 Å². The van der Waals surface area contributed by atoms with Crippen molar-refractivity contribution in [3.63, 3.8) is 0 Å². The van der Waals surface area contributed by atoms with Crippen LogP contribution < -0.4 is 0 Å². The van der Waals surface area contributed by atoms with E-state index in [0.717, 1.165) is 0 Å². The van der Waals surface area contributed by atoms with E-state index in [4.69, 9.17) is 18.9 Å². The Labute approximate surface area is 83.8 Å². The number of rotatable bonds is 3. The molecule has 0 spiro atoms. The smallest absolute Gasteiger partial charge is 0.186 e. The first-order valence-corrected chi connectivity index (χ1v) is 4.82. The van der Waals surface area contributed by atoms with Gasteiger partial charge in [0.15, 0.2) is 12.1 Å². The highest BCUT2D eigenvalue weighted by atomic mass is 16.8. The molecule has 0 aromatic rings. The van der Waals surface area contributed by atoms with Crippen LogP contribution in [0.15, 0.2) is 12.7 Å². The Morgan fingerprint density at radius 3 is 3.00 bits per heavy atom. The molecule has 2 aliphatic heterocycles. The molecule has 0 aromatic heterocycles. The molecule has 2 saturated heterocycles. The summed E-state index contributed by atoms with van der Waals surface area (Å²) >= 11 is 0. The number of hydrogen-bond acceptors (Lipinski definition) is 4. The lowest BCUT2D eigenvalue weighted by atomic mass is 10.2. The van der Waals surface area contributed by atoms with Gasteiger partial charge in [-0.15, -0.1) is 6.58 Å². The first-order valence-electron chi connectivity index (χ1n) is 4.82. The molecule has 0 saturated carbocycles. The van der Waals surface area contributed by atoms with Crippen LogP contribution in [0.1, 0.15) is 13.8 Å². The zero-order chi connectivity index (χ0) is 10.2. The quantitative estimate of drug-likeness (QED) is 0.638. The van der Waals surface area contributed by atoms with Crippen molar-refractivity contribution in [3.8, 4) is 0 Å². The third kappa shape index (κ3) is 1.83. The Balaban J connectivity index is 1.94. The van der Waals surface area contributed by atoms with Gasteiger partial charge in [0.25, 0.3) is 0 Å². The predicted molar refractivity (Wildman–Crippen MR) is 49.7 cm³/mol. The van der Waals surface area contributed by atoms with Crippen molar-refractivity contribution in [2.45, 2.75) is 38.1 Å². The molecule has 2 rings (SSSR count). The van der Waals surface area contributed by atoms with E-state index in [0.29, 0.717) is 13.2 Å². The van der Waals surface area contributed by atoms with Gasteiger partial charge in [-0.25, -0.2) is 0 Å². The van der Waals surface area contributed by atoms with Gasteiger partial charge in [-0.05, 0) is 13.8 Å². The maximum absolute atomic E-state index is 5.68. The summed E-state index contributed by atoms with van der Waals surface area (Å²) in [6, 6.07) is 0. The van der Waals surface area contributed by atoms with Gasteiger partial charge < -0.3 is 18.9 Å². The lowest BCUT2D eigenvalue weighted by Crippen LogP contribution is -2.31. The van der Waals surface area contributed by atoms with E-state index >= 15 is 0 Å². The molecule has 3 unspecified atom stereocenters. The van der Waals surface area contributed by atoms with Crippen molar-refractivity contribution in [2.75, 3.05) is 13.2 Å². The summed E-state index contributed by atoms with van der Waals surface area (Å²) in [6.45, 7) is 8.39. The molecule has 4 heteroatoms. The van der Waals surface area contributed by atoms with Crippen LogP contribution in [-0.4, -0.2) is 37.5 Å². The SMILES string of the molecule is C=CCOC1OCC2OC(C)(C)OC21. The molecule has 4 nitrogen and oxygen atoms in total. The standard InChI is InChI=1S/C10H16O4/c1-4-5-11-9-8-7(6-12-9)13-10(2,3)14-8/h4,7-9H,1,5-6H2,2-3H3. The summed E-state index contributed by atoms with van der Waals surface area (Å²) in [5.41, 5.74) is 0. The summed E-state index contributed by atoms with van der Waals surface area (Å²) in [7, 11) is 0. The molecule has 0 N–H and O–H groups in total. The van der Waals surface area contributed by atoms with Gasteiger partial charge in [-0.3, -0.25) is 0 Å². The third-order valence-corrected chi connectivity index (χ3v) is 2.29. The van der Waals surface area contributed by atoms with Gasteiger partial charge in [0.1, 0.15) is 12.2 Å². The molecular formula is C10H16O4. The van der Waals surface area contributed by atoms with Crippen molar-refractivity contribution in [1.29, 1.82) is 0 Å². The molecule has 0 aromatic carbocycles. The van der Waals surface area contributed by atoms with Crippen molar-refractivity contribution in [1.82, 2.24) is 0 Å². The monoisotopic (exact) mass is 200 g/mol. The zero-order valence-electron chi connectivity index (χ0n) is 8.56. The second kappa shape index (κ2) is 3.62. The number of hydrogen-bond donors (Lipinski definition) is 0. The number of ether oxygens (including phenoxy) is 4. The molecule has 0 aliphatic carbocycles. The molecule has 2 heterocycles. The summed E-state index contributed by atoms with van der Waals surface area (Å²) in [4.78, 5) is 0. The van der Waals surface area contributed by atoms with E-state index in [1.165, 1.54) is 0 Å². The second-order valence-corrected chi connectivity index (χ2v) is 3.96. The van der Waals surface area contributed by atoms with E-state index in [1.54, 1.807) is 6.08 Å². The average molecular weight is 200 g/mol. The van der Waals surface area contributed by atoms with E-state index in [1.807, 2.05) is 13.8 Å². The Bertz CT molecular complexity index is 226. The van der Waals surface area contributed by atoms with E-state index in [9.17, 15) is 0 Å². The van der Waals surface area contributed by atoms with Crippen molar-refractivity contribution in [2.24, 2.45) is 0 Å². The van der Waals surface area contributed by atoms with Crippen LogP contribution in [0, 0.1) is 0 Å². The van der Waals surface area contributed by atoms with Crippen LogP contribution in [0.4, 0.5) is 0 Å². The maximum atomic E-state index is 5.68. The van der Waals surface area contributed by atoms with Crippen LogP contribution in [0.2, 0.25) is 0 Å². The van der Waals surface area contributed by atoms with Crippen LogP contribution in [-0.2, 0) is 18.9 Å². The Kier molecular flexibility index (Phi) is 2.62. The van der Waals surface area contributed by atoms with E-state index < -0.39 is 5.79 Å². The molecule has 2 aliphatic rings. The minimum atomic E-state index is -0.519. The highest BCUT2D eigenvalue weighted by Gasteiger charge is 2.50. The summed E-state index contributed by atoms with van der Waals surface area (Å²) in [6.07, 6.45) is 1.27. The highest BCUT2D eigenvalue weighted by Crippen LogP contribution is 2.35. The first kappa shape index (κ1) is 10.1. The highest BCUT2D eigenvalue weighted by molar-refractivity contribution is 4.88. The molecule has 14 heavy (non-hydrogen) atoms. The van der Waals surface area contributed by atoms with Gasteiger partial charge in [0.05, 0.1) is 13.2 Å². The molecule has 0 amide bonds.